The average Bonchev–Trinajstić information content (AvgIpc) is 2.89. The minimum atomic E-state index is -0.440. The predicted octanol–water partition coefficient (Wildman–Crippen LogP) is 3.80. The molecule has 0 heterocycles. The molecule has 20 heavy (non-hydrogen) atoms. The minimum absolute atomic E-state index is 0.113. The molecule has 0 spiro atoms. The Hall–Kier alpha value is -1.38. The van der Waals surface area contributed by atoms with E-state index in [2.05, 4.69) is 19.2 Å². The van der Waals surface area contributed by atoms with E-state index in [0.29, 0.717) is 5.92 Å². The van der Waals surface area contributed by atoms with E-state index >= 15 is 0 Å². The van der Waals surface area contributed by atoms with Gasteiger partial charge in [0.1, 0.15) is 5.82 Å². The molecule has 0 atom stereocenters. The van der Waals surface area contributed by atoms with Crippen LogP contribution in [0.3, 0.4) is 0 Å². The van der Waals surface area contributed by atoms with Crippen LogP contribution in [0.25, 0.3) is 0 Å². The van der Waals surface area contributed by atoms with Crippen LogP contribution >= 0.6 is 0 Å². The highest BCUT2D eigenvalue weighted by Gasteiger charge is 2.42. The van der Waals surface area contributed by atoms with Crippen molar-refractivity contribution in [3.63, 3.8) is 0 Å². The molecule has 0 unspecified atom stereocenters. The molecule has 0 aliphatic heterocycles. The first-order valence-corrected chi connectivity index (χ1v) is 7.59. The number of hydrogen-bond donors (Lipinski definition) is 1. The molecule has 1 aliphatic carbocycles. The van der Waals surface area contributed by atoms with Gasteiger partial charge in [-0.2, -0.15) is 0 Å². The van der Waals surface area contributed by atoms with Crippen molar-refractivity contribution in [2.24, 2.45) is 5.92 Å². The van der Waals surface area contributed by atoms with E-state index in [1.807, 2.05) is 0 Å². The number of rotatable bonds is 5. The van der Waals surface area contributed by atoms with Crippen LogP contribution in [0.5, 0.6) is 0 Å². The molecule has 0 aromatic heterocycles. The van der Waals surface area contributed by atoms with E-state index in [1.54, 1.807) is 12.1 Å². The lowest BCUT2D eigenvalue weighted by Crippen LogP contribution is -2.43. The van der Waals surface area contributed by atoms with Gasteiger partial charge in [-0.05, 0) is 42.9 Å². The summed E-state index contributed by atoms with van der Waals surface area (Å²) in [6, 6.07) is 6.44. The maximum absolute atomic E-state index is 13.1. The molecule has 3 heteroatoms. The van der Waals surface area contributed by atoms with Gasteiger partial charge in [0.15, 0.2) is 0 Å². The molecule has 2 nitrogen and oxygen atoms in total. The monoisotopic (exact) mass is 277 g/mol. The number of hydrogen-bond acceptors (Lipinski definition) is 1. The Kier molecular flexibility index (Phi) is 4.79. The van der Waals surface area contributed by atoms with Gasteiger partial charge in [-0.25, -0.2) is 4.39 Å². The van der Waals surface area contributed by atoms with Crippen molar-refractivity contribution in [3.05, 3.63) is 35.6 Å². The lowest BCUT2D eigenvalue weighted by molar-refractivity contribution is -0.126. The molecule has 1 fully saturated rings. The Morgan fingerprint density at radius 3 is 2.40 bits per heavy atom. The Bertz CT molecular complexity index is 447. The lowest BCUT2D eigenvalue weighted by Gasteiger charge is -2.28. The van der Waals surface area contributed by atoms with E-state index in [1.165, 1.54) is 12.1 Å². The van der Waals surface area contributed by atoms with Gasteiger partial charge >= 0.3 is 0 Å². The summed E-state index contributed by atoms with van der Waals surface area (Å²) in [6.07, 6.45) is 4.85. The number of amides is 1. The smallest absolute Gasteiger partial charge is 0.230 e. The topological polar surface area (TPSA) is 29.1 Å². The first-order valence-electron chi connectivity index (χ1n) is 7.59. The van der Waals surface area contributed by atoms with Crippen molar-refractivity contribution in [1.82, 2.24) is 5.32 Å². The van der Waals surface area contributed by atoms with Crippen LogP contribution in [0, 0.1) is 11.7 Å². The van der Waals surface area contributed by atoms with Crippen molar-refractivity contribution in [3.8, 4) is 0 Å². The largest absolute Gasteiger partial charge is 0.355 e. The Balaban J connectivity index is 2.13. The SMILES string of the molecule is CC(C)CCNC(=O)C1(c2ccc(F)cc2)CCCC1. The fourth-order valence-corrected chi connectivity index (χ4v) is 3.04. The van der Waals surface area contributed by atoms with Gasteiger partial charge in [0.2, 0.25) is 5.91 Å². The number of carbonyl (C=O) groups excluding carboxylic acids is 1. The van der Waals surface area contributed by atoms with E-state index in [4.69, 9.17) is 0 Å². The summed E-state index contributed by atoms with van der Waals surface area (Å²) in [5.41, 5.74) is 0.517. The zero-order valence-corrected chi connectivity index (χ0v) is 12.4. The van der Waals surface area contributed by atoms with Crippen molar-refractivity contribution >= 4 is 5.91 Å². The normalized spacial score (nSPS) is 17.4. The third-order valence-corrected chi connectivity index (χ3v) is 4.30. The molecule has 1 aromatic carbocycles. The summed E-state index contributed by atoms with van der Waals surface area (Å²) in [6.45, 7) is 5.02. The molecule has 0 saturated heterocycles. The van der Waals surface area contributed by atoms with Crippen LogP contribution in [0.15, 0.2) is 24.3 Å². The van der Waals surface area contributed by atoms with Gasteiger partial charge in [-0.1, -0.05) is 38.8 Å². The van der Waals surface area contributed by atoms with E-state index in [0.717, 1.165) is 44.2 Å². The van der Waals surface area contributed by atoms with Gasteiger partial charge in [-0.15, -0.1) is 0 Å². The quantitative estimate of drug-likeness (QED) is 0.871. The van der Waals surface area contributed by atoms with Crippen molar-refractivity contribution in [2.75, 3.05) is 6.54 Å². The van der Waals surface area contributed by atoms with Gasteiger partial charge in [-0.3, -0.25) is 4.79 Å². The second-order valence-electron chi connectivity index (χ2n) is 6.23. The maximum atomic E-state index is 13.1. The Morgan fingerprint density at radius 1 is 1.25 bits per heavy atom. The number of halogens is 1. The van der Waals surface area contributed by atoms with Crippen LogP contribution in [0.1, 0.15) is 51.5 Å². The number of nitrogens with one attached hydrogen (secondary N) is 1. The molecule has 1 amide bonds. The summed E-state index contributed by atoms with van der Waals surface area (Å²) in [4.78, 5) is 12.6. The summed E-state index contributed by atoms with van der Waals surface area (Å²) in [7, 11) is 0. The van der Waals surface area contributed by atoms with E-state index < -0.39 is 5.41 Å². The van der Waals surface area contributed by atoms with Crippen LogP contribution in [-0.2, 0) is 10.2 Å². The molecule has 0 radical (unpaired) electrons. The fourth-order valence-electron chi connectivity index (χ4n) is 3.04. The number of benzene rings is 1. The highest BCUT2D eigenvalue weighted by atomic mass is 19.1. The molecule has 0 bridgehead atoms. The molecule has 1 aliphatic rings. The van der Waals surface area contributed by atoms with Crippen LogP contribution in [0.2, 0.25) is 0 Å². The standard InChI is InChI=1S/C17H24FNO/c1-13(2)9-12-19-16(20)17(10-3-4-11-17)14-5-7-15(18)8-6-14/h5-8,13H,3-4,9-12H2,1-2H3,(H,19,20). The van der Waals surface area contributed by atoms with Crippen LogP contribution < -0.4 is 5.32 Å². The third kappa shape index (κ3) is 3.20. The molecule has 110 valence electrons. The van der Waals surface area contributed by atoms with Gasteiger partial charge in [0, 0.05) is 6.54 Å². The first kappa shape index (κ1) is 15.0. The average molecular weight is 277 g/mol. The highest BCUT2D eigenvalue weighted by Crippen LogP contribution is 2.41. The Labute approximate surface area is 120 Å². The van der Waals surface area contributed by atoms with E-state index in [9.17, 15) is 9.18 Å². The highest BCUT2D eigenvalue weighted by molar-refractivity contribution is 5.88. The van der Waals surface area contributed by atoms with Gasteiger partial charge < -0.3 is 5.32 Å². The van der Waals surface area contributed by atoms with Crippen LogP contribution in [-0.4, -0.2) is 12.5 Å². The molecule has 2 rings (SSSR count). The summed E-state index contributed by atoms with van der Waals surface area (Å²) < 4.78 is 13.1. The van der Waals surface area contributed by atoms with Crippen molar-refractivity contribution in [1.29, 1.82) is 0 Å². The first-order chi connectivity index (χ1) is 9.54. The summed E-state index contributed by atoms with van der Waals surface area (Å²) in [5, 5.41) is 3.08. The molecule has 1 aromatic rings. The molecule has 1 N–H and O–H groups in total. The zero-order chi connectivity index (χ0) is 14.6. The Morgan fingerprint density at radius 2 is 1.85 bits per heavy atom. The second-order valence-corrected chi connectivity index (χ2v) is 6.23. The van der Waals surface area contributed by atoms with Gasteiger partial charge in [0.25, 0.3) is 0 Å². The molecule has 1 saturated carbocycles. The summed E-state index contributed by atoms with van der Waals surface area (Å²) in [5.74, 6) is 0.449. The number of carbonyl (C=O) groups is 1. The summed E-state index contributed by atoms with van der Waals surface area (Å²) >= 11 is 0. The minimum Gasteiger partial charge on any atom is -0.355 e. The van der Waals surface area contributed by atoms with Crippen LogP contribution in [0.4, 0.5) is 4.39 Å². The maximum Gasteiger partial charge on any atom is 0.230 e. The molecular formula is C17H24FNO. The third-order valence-electron chi connectivity index (χ3n) is 4.30. The van der Waals surface area contributed by atoms with Gasteiger partial charge in [0.05, 0.1) is 5.41 Å². The zero-order valence-electron chi connectivity index (χ0n) is 12.4. The second kappa shape index (κ2) is 6.38. The fraction of sp³-hybridized carbons (Fsp3) is 0.588. The lowest BCUT2D eigenvalue weighted by atomic mass is 9.78. The van der Waals surface area contributed by atoms with Crippen molar-refractivity contribution in [2.45, 2.75) is 51.4 Å². The molecular weight excluding hydrogens is 253 g/mol. The predicted molar refractivity (Wildman–Crippen MR) is 79.0 cm³/mol. The van der Waals surface area contributed by atoms with Crippen molar-refractivity contribution < 1.29 is 9.18 Å². The van der Waals surface area contributed by atoms with E-state index in [-0.39, 0.29) is 11.7 Å².